The Bertz CT molecular complexity index is 1560. The van der Waals surface area contributed by atoms with Gasteiger partial charge in [0, 0.05) is 25.0 Å². The zero-order valence-electron chi connectivity index (χ0n) is 16.9. The minimum atomic E-state index is -1.08. The third-order valence-corrected chi connectivity index (χ3v) is 5.83. The van der Waals surface area contributed by atoms with E-state index in [-0.39, 0.29) is 0 Å². The lowest BCUT2D eigenvalue weighted by atomic mass is 10.2. The van der Waals surface area contributed by atoms with Gasteiger partial charge in [0.2, 0.25) is 5.95 Å². The van der Waals surface area contributed by atoms with Crippen LogP contribution >= 0.6 is 0 Å². The van der Waals surface area contributed by atoms with Crippen LogP contribution in [0, 0.1) is 0 Å². The van der Waals surface area contributed by atoms with Crippen LogP contribution in [-0.4, -0.2) is 41.3 Å². The maximum absolute atomic E-state index is 13.0. The van der Waals surface area contributed by atoms with Crippen molar-refractivity contribution in [3.8, 4) is 5.69 Å². The summed E-state index contributed by atoms with van der Waals surface area (Å²) in [6.45, 7) is 1.24. The van der Waals surface area contributed by atoms with Crippen LogP contribution in [0.25, 0.3) is 27.9 Å². The Hall–Kier alpha value is -4.40. The van der Waals surface area contributed by atoms with E-state index in [0.717, 1.165) is 35.8 Å². The summed E-state index contributed by atoms with van der Waals surface area (Å²) < 4.78 is 4.87. The van der Waals surface area contributed by atoms with Gasteiger partial charge in [0.15, 0.2) is 5.65 Å². The van der Waals surface area contributed by atoms with Crippen molar-refractivity contribution in [3.63, 3.8) is 0 Å². The molecule has 2 aromatic carbocycles. The first-order valence-electron chi connectivity index (χ1n) is 10.2. The first-order chi connectivity index (χ1) is 15.6. The lowest BCUT2D eigenvalue weighted by Crippen LogP contribution is -2.26. The molecule has 3 aromatic heterocycles. The van der Waals surface area contributed by atoms with E-state index in [4.69, 9.17) is 4.98 Å². The average Bonchev–Trinajstić information content (AvgIpc) is 3.45. The molecule has 1 aliphatic heterocycles. The molecule has 0 aliphatic carbocycles. The summed E-state index contributed by atoms with van der Waals surface area (Å²) in [7, 11) is 0. The van der Waals surface area contributed by atoms with Gasteiger partial charge in [-0.05, 0) is 48.5 Å². The zero-order chi connectivity index (χ0) is 21.8. The zero-order valence-corrected chi connectivity index (χ0v) is 16.9. The average molecular weight is 426 g/mol. The van der Waals surface area contributed by atoms with E-state index in [1.807, 2.05) is 42.5 Å². The van der Waals surface area contributed by atoms with Crippen LogP contribution in [0.3, 0.4) is 0 Å². The maximum Gasteiger partial charge on any atom is 0.335 e. The van der Waals surface area contributed by atoms with Crippen LogP contribution in [0.2, 0.25) is 0 Å². The van der Waals surface area contributed by atoms with E-state index in [1.54, 1.807) is 18.3 Å². The number of imidazole rings is 2. The number of aromatic nitrogens is 5. The molecule has 0 saturated carbocycles. The minimum absolute atomic E-state index is 0.421. The molecule has 0 unspecified atom stereocenters. The lowest BCUT2D eigenvalue weighted by molar-refractivity contribution is -0.137. The smallest absolute Gasteiger partial charge is 0.335 e. The molecule has 6 rings (SSSR count). The highest BCUT2D eigenvalue weighted by atomic mass is 16.4. The topological polar surface area (TPSA) is 98.2 Å². The summed E-state index contributed by atoms with van der Waals surface area (Å²) in [6.07, 6.45) is 1.59. The van der Waals surface area contributed by atoms with Crippen molar-refractivity contribution in [1.82, 2.24) is 23.7 Å². The maximum atomic E-state index is 13.0. The molecule has 0 fully saturated rings. The number of nitrogens with zero attached hydrogens (tertiary/aromatic N) is 6. The monoisotopic (exact) mass is 426 g/mol. The number of benzene rings is 2. The number of carboxylic acids is 1. The fourth-order valence-corrected chi connectivity index (χ4v) is 4.42. The third kappa shape index (κ3) is 2.64. The predicted octanol–water partition coefficient (Wildman–Crippen LogP) is 2.77. The van der Waals surface area contributed by atoms with Crippen molar-refractivity contribution in [2.45, 2.75) is 13.1 Å². The molecule has 0 bridgehead atoms. The number of hydrogen-bond donors (Lipinski definition) is 1. The Morgan fingerprint density at radius 3 is 2.50 bits per heavy atom. The van der Waals surface area contributed by atoms with Gasteiger partial charge in [0.05, 0.1) is 22.2 Å². The van der Waals surface area contributed by atoms with E-state index in [1.165, 1.54) is 9.13 Å². The predicted molar refractivity (Wildman–Crippen MR) is 120 cm³/mol. The van der Waals surface area contributed by atoms with Gasteiger partial charge >= 0.3 is 11.7 Å². The van der Waals surface area contributed by atoms with Crippen molar-refractivity contribution in [3.05, 3.63) is 77.3 Å². The molecule has 1 N–H and O–H groups in total. The summed E-state index contributed by atoms with van der Waals surface area (Å²) in [5, 5.41) is 9.22. The third-order valence-electron chi connectivity index (χ3n) is 5.83. The summed E-state index contributed by atoms with van der Waals surface area (Å²) >= 11 is 0. The van der Waals surface area contributed by atoms with Crippen LogP contribution < -0.4 is 10.6 Å². The van der Waals surface area contributed by atoms with Crippen molar-refractivity contribution >= 4 is 39.8 Å². The summed E-state index contributed by atoms with van der Waals surface area (Å²) in [5.74, 6) is -0.182. The van der Waals surface area contributed by atoms with E-state index >= 15 is 0 Å². The number of pyridine rings is 1. The molecule has 9 nitrogen and oxygen atoms in total. The van der Waals surface area contributed by atoms with Gasteiger partial charge < -0.3 is 14.6 Å². The second-order valence-electron chi connectivity index (χ2n) is 7.66. The van der Waals surface area contributed by atoms with E-state index in [9.17, 15) is 14.7 Å². The van der Waals surface area contributed by atoms with E-state index in [0.29, 0.717) is 16.9 Å². The number of aliphatic carboxylic acids is 1. The normalized spacial score (nSPS) is 13.2. The number of para-hydroxylation sites is 2. The van der Waals surface area contributed by atoms with Crippen molar-refractivity contribution in [1.29, 1.82) is 0 Å². The first-order valence-corrected chi connectivity index (χ1v) is 10.2. The second-order valence-corrected chi connectivity index (χ2v) is 7.66. The van der Waals surface area contributed by atoms with Gasteiger partial charge in [-0.1, -0.05) is 12.1 Å². The van der Waals surface area contributed by atoms with Crippen LogP contribution in [-0.2, 0) is 17.9 Å². The quantitative estimate of drug-likeness (QED) is 0.475. The van der Waals surface area contributed by atoms with Gasteiger partial charge in [-0.25, -0.2) is 19.3 Å². The summed E-state index contributed by atoms with van der Waals surface area (Å²) in [4.78, 5) is 35.6. The highest BCUT2D eigenvalue weighted by molar-refractivity contribution is 5.81. The largest absolute Gasteiger partial charge is 0.480 e. The van der Waals surface area contributed by atoms with E-state index in [2.05, 4.69) is 20.5 Å². The van der Waals surface area contributed by atoms with Gasteiger partial charge in [-0.3, -0.25) is 9.36 Å². The molecule has 5 aromatic rings. The van der Waals surface area contributed by atoms with Crippen LogP contribution in [0.1, 0.15) is 0 Å². The Labute approximate surface area is 181 Å². The molecule has 9 heteroatoms. The number of carboxylic acid groups (broad SMARTS) is 1. The van der Waals surface area contributed by atoms with Crippen LogP contribution in [0.5, 0.6) is 0 Å². The lowest BCUT2D eigenvalue weighted by Gasteiger charge is -2.16. The molecular weight excluding hydrogens is 408 g/mol. The van der Waals surface area contributed by atoms with Crippen LogP contribution in [0.4, 0.5) is 11.6 Å². The number of anilines is 2. The second kappa shape index (κ2) is 6.81. The van der Waals surface area contributed by atoms with Gasteiger partial charge in [0.25, 0.3) is 0 Å². The number of carbonyl (C=O) groups is 1. The SMILES string of the molecule is O=C(O)Cn1c(=O)n(-c2ccc(N3CCn4c3nc3ccccc34)cc2)c2ncccc21. The van der Waals surface area contributed by atoms with Gasteiger partial charge in [-0.15, -0.1) is 0 Å². The molecular formula is C23H18N6O3. The molecule has 4 heterocycles. The fourth-order valence-electron chi connectivity index (χ4n) is 4.42. The Morgan fingerprint density at radius 2 is 1.69 bits per heavy atom. The van der Waals surface area contributed by atoms with Crippen LogP contribution in [0.15, 0.2) is 71.7 Å². The van der Waals surface area contributed by atoms with Crippen molar-refractivity contribution < 1.29 is 9.90 Å². The molecule has 0 radical (unpaired) electrons. The molecule has 32 heavy (non-hydrogen) atoms. The van der Waals surface area contributed by atoms with Gasteiger partial charge in [-0.2, -0.15) is 0 Å². The minimum Gasteiger partial charge on any atom is -0.480 e. The van der Waals surface area contributed by atoms with E-state index < -0.39 is 18.2 Å². The molecule has 0 amide bonds. The van der Waals surface area contributed by atoms with Crippen molar-refractivity contribution in [2.24, 2.45) is 0 Å². The number of hydrogen-bond acceptors (Lipinski definition) is 5. The molecule has 0 saturated heterocycles. The highest BCUT2D eigenvalue weighted by Gasteiger charge is 2.25. The summed E-state index contributed by atoms with van der Waals surface area (Å²) in [5.41, 5.74) is 4.15. The molecule has 0 spiro atoms. The molecule has 0 atom stereocenters. The standard InChI is InChI=1S/C23H18N6O3/c30-20(31)14-28-19-6-3-11-24-21(19)29(23(28)32)16-9-7-15(8-10-16)26-12-13-27-18-5-2-1-4-17(18)25-22(26)27/h1-11H,12-14H2,(H,30,31). The van der Waals surface area contributed by atoms with Crippen molar-refractivity contribution in [2.75, 3.05) is 11.4 Å². The first kappa shape index (κ1) is 18.4. The number of fused-ring (bicyclic) bond motifs is 4. The highest BCUT2D eigenvalue weighted by Crippen LogP contribution is 2.33. The number of rotatable bonds is 4. The molecule has 1 aliphatic rings. The fraction of sp³-hybridized carbons (Fsp3) is 0.130. The van der Waals surface area contributed by atoms with Gasteiger partial charge in [0.1, 0.15) is 6.54 Å². The Morgan fingerprint density at radius 1 is 0.938 bits per heavy atom. The Kier molecular flexibility index (Phi) is 3.91. The molecule has 158 valence electrons. The summed E-state index contributed by atoms with van der Waals surface area (Å²) in [6, 6.07) is 19.1. The Balaban J connectivity index is 1.42.